The number of carbonyl (C=O) groups is 2. The summed E-state index contributed by atoms with van der Waals surface area (Å²) in [7, 11) is 0. The number of benzene rings is 2. The first-order valence-corrected chi connectivity index (χ1v) is 9.28. The zero-order valence-electron chi connectivity index (χ0n) is 15.4. The maximum Gasteiger partial charge on any atom is 0.251 e. The van der Waals surface area contributed by atoms with Crippen LogP contribution in [0.1, 0.15) is 49.0 Å². The van der Waals surface area contributed by atoms with Crippen LogP contribution in [-0.2, 0) is 11.2 Å². The van der Waals surface area contributed by atoms with Crippen molar-refractivity contribution in [1.82, 2.24) is 10.6 Å². The van der Waals surface area contributed by atoms with Gasteiger partial charge in [-0.3, -0.25) is 9.59 Å². The van der Waals surface area contributed by atoms with Crippen LogP contribution in [0.2, 0.25) is 0 Å². The highest BCUT2D eigenvalue weighted by molar-refractivity contribution is 5.94. The topological polar surface area (TPSA) is 58.2 Å². The highest BCUT2D eigenvalue weighted by Gasteiger charge is 2.19. The minimum Gasteiger partial charge on any atom is -0.354 e. The molecule has 1 saturated carbocycles. The molecule has 0 bridgehead atoms. The van der Waals surface area contributed by atoms with Crippen molar-refractivity contribution in [3.05, 3.63) is 59.7 Å². The third-order valence-corrected chi connectivity index (χ3v) is 4.87. The van der Waals surface area contributed by atoms with E-state index in [4.69, 9.17) is 0 Å². The lowest BCUT2D eigenvalue weighted by Gasteiger charge is -2.26. The van der Waals surface area contributed by atoms with Gasteiger partial charge in [-0.2, -0.15) is 0 Å². The predicted octanol–water partition coefficient (Wildman–Crippen LogP) is 3.70. The van der Waals surface area contributed by atoms with Gasteiger partial charge in [0.1, 0.15) is 0 Å². The van der Waals surface area contributed by atoms with E-state index in [1.807, 2.05) is 31.2 Å². The number of hydrogen-bond donors (Lipinski definition) is 2. The summed E-state index contributed by atoms with van der Waals surface area (Å²) >= 11 is 0. The molecule has 26 heavy (non-hydrogen) atoms. The summed E-state index contributed by atoms with van der Waals surface area (Å²) in [6.45, 7) is 3.54. The molecule has 3 rings (SSSR count). The maximum absolute atomic E-state index is 12.2. The number of carbonyl (C=O) groups excluding carboxylic acids is 2. The molecule has 0 aliphatic heterocycles. The second-order valence-corrected chi connectivity index (χ2v) is 7.18. The van der Waals surface area contributed by atoms with Crippen molar-refractivity contribution in [3.8, 4) is 11.1 Å². The highest BCUT2D eigenvalue weighted by atomic mass is 16.2. The number of amides is 2. The molecule has 136 valence electrons. The molecule has 4 nitrogen and oxygen atoms in total. The summed E-state index contributed by atoms with van der Waals surface area (Å²) in [5.74, 6) is 0.0131. The molecule has 0 aromatic heterocycles. The summed E-state index contributed by atoms with van der Waals surface area (Å²) in [5.41, 5.74) is 4.10. The molecule has 0 radical (unpaired) electrons. The summed E-state index contributed by atoms with van der Waals surface area (Å²) in [6.07, 6.45) is 4.21. The molecule has 4 heteroatoms. The first-order chi connectivity index (χ1) is 12.5. The molecule has 1 aliphatic rings. The Morgan fingerprint density at radius 3 is 2.08 bits per heavy atom. The number of nitrogens with one attached hydrogen (secondary N) is 2. The van der Waals surface area contributed by atoms with Crippen molar-refractivity contribution in [3.63, 3.8) is 0 Å². The monoisotopic (exact) mass is 350 g/mol. The third kappa shape index (κ3) is 4.72. The molecule has 2 N–H and O–H groups in total. The predicted molar refractivity (Wildman–Crippen MR) is 104 cm³/mol. The van der Waals surface area contributed by atoms with Crippen molar-refractivity contribution in [1.29, 1.82) is 0 Å². The Morgan fingerprint density at radius 2 is 1.58 bits per heavy atom. The van der Waals surface area contributed by atoms with Gasteiger partial charge in [-0.25, -0.2) is 0 Å². The van der Waals surface area contributed by atoms with Crippen molar-refractivity contribution in [2.24, 2.45) is 0 Å². The van der Waals surface area contributed by atoms with Crippen LogP contribution in [0.15, 0.2) is 48.5 Å². The van der Waals surface area contributed by atoms with Crippen LogP contribution in [0.4, 0.5) is 0 Å². The van der Waals surface area contributed by atoms with Crippen molar-refractivity contribution >= 4 is 11.8 Å². The van der Waals surface area contributed by atoms with Gasteiger partial charge in [0.2, 0.25) is 5.91 Å². The Morgan fingerprint density at radius 1 is 1.00 bits per heavy atom. The Hall–Kier alpha value is -2.62. The number of rotatable bonds is 6. The van der Waals surface area contributed by atoms with E-state index in [-0.39, 0.29) is 17.9 Å². The van der Waals surface area contributed by atoms with Gasteiger partial charge in [0, 0.05) is 24.6 Å². The van der Waals surface area contributed by atoms with Crippen molar-refractivity contribution in [2.45, 2.75) is 51.6 Å². The van der Waals surface area contributed by atoms with Crippen LogP contribution in [0, 0.1) is 0 Å². The molecule has 1 fully saturated rings. The minimum atomic E-state index is -0.00412. The van der Waals surface area contributed by atoms with Gasteiger partial charge in [0.15, 0.2) is 0 Å². The second kappa shape index (κ2) is 8.17. The molecule has 2 aromatic rings. The lowest BCUT2D eigenvalue weighted by atomic mass is 9.93. The fraction of sp³-hybridized carbons (Fsp3) is 0.364. The molecule has 1 aliphatic carbocycles. The van der Waals surface area contributed by atoms with Gasteiger partial charge < -0.3 is 10.6 Å². The van der Waals surface area contributed by atoms with E-state index in [9.17, 15) is 9.59 Å². The van der Waals surface area contributed by atoms with Crippen molar-refractivity contribution < 1.29 is 9.59 Å². The average molecular weight is 350 g/mol. The molecule has 0 spiro atoms. The van der Waals surface area contributed by atoms with E-state index in [0.29, 0.717) is 11.6 Å². The summed E-state index contributed by atoms with van der Waals surface area (Å²) < 4.78 is 0. The van der Waals surface area contributed by atoms with Crippen LogP contribution < -0.4 is 10.6 Å². The van der Waals surface area contributed by atoms with E-state index in [1.54, 1.807) is 0 Å². The van der Waals surface area contributed by atoms with Gasteiger partial charge in [-0.15, -0.1) is 0 Å². The number of hydrogen-bond acceptors (Lipinski definition) is 2. The standard InChI is InChI=1S/C22H26N2O2/c1-15(23-16(2)25)14-17-6-8-18(9-7-17)19-10-12-20(13-11-19)22(26)24-21-4-3-5-21/h6-13,15,21H,3-5,14H2,1-2H3,(H,23,25)(H,24,26). The van der Waals surface area contributed by atoms with E-state index < -0.39 is 0 Å². The SMILES string of the molecule is CC(=O)NC(C)Cc1ccc(-c2ccc(C(=O)NC3CCC3)cc2)cc1. The first kappa shape index (κ1) is 18.2. The van der Waals surface area contributed by atoms with E-state index >= 15 is 0 Å². The van der Waals surface area contributed by atoms with Gasteiger partial charge in [0.25, 0.3) is 5.91 Å². The van der Waals surface area contributed by atoms with Crippen LogP contribution in [0.25, 0.3) is 11.1 Å². The lowest BCUT2D eigenvalue weighted by molar-refractivity contribution is -0.119. The summed E-state index contributed by atoms with van der Waals surface area (Å²) in [6, 6.07) is 16.6. The molecule has 0 saturated heterocycles. The normalized spacial score (nSPS) is 15.0. The Balaban J connectivity index is 1.61. The molecule has 1 unspecified atom stereocenters. The van der Waals surface area contributed by atoms with Crippen LogP contribution in [0.3, 0.4) is 0 Å². The fourth-order valence-electron chi connectivity index (χ4n) is 3.22. The molecular formula is C22H26N2O2. The zero-order valence-corrected chi connectivity index (χ0v) is 15.4. The first-order valence-electron chi connectivity index (χ1n) is 9.28. The average Bonchev–Trinajstić information content (AvgIpc) is 2.58. The minimum absolute atomic E-state index is 0.00412. The van der Waals surface area contributed by atoms with E-state index in [2.05, 4.69) is 34.9 Å². The van der Waals surface area contributed by atoms with Crippen LogP contribution in [-0.4, -0.2) is 23.9 Å². The molecule has 0 heterocycles. The second-order valence-electron chi connectivity index (χ2n) is 7.18. The third-order valence-electron chi connectivity index (χ3n) is 4.87. The quantitative estimate of drug-likeness (QED) is 0.834. The van der Waals surface area contributed by atoms with Crippen LogP contribution >= 0.6 is 0 Å². The Kier molecular flexibility index (Phi) is 5.71. The lowest BCUT2D eigenvalue weighted by Crippen LogP contribution is -2.39. The van der Waals surface area contributed by atoms with E-state index in [0.717, 1.165) is 30.4 Å². The largest absolute Gasteiger partial charge is 0.354 e. The molecule has 2 amide bonds. The highest BCUT2D eigenvalue weighted by Crippen LogP contribution is 2.22. The maximum atomic E-state index is 12.2. The Bertz CT molecular complexity index is 762. The zero-order chi connectivity index (χ0) is 18.5. The smallest absolute Gasteiger partial charge is 0.251 e. The van der Waals surface area contributed by atoms with Crippen LogP contribution in [0.5, 0.6) is 0 Å². The van der Waals surface area contributed by atoms with Gasteiger partial charge in [-0.05, 0) is 61.4 Å². The fourth-order valence-corrected chi connectivity index (χ4v) is 3.22. The molecule has 2 aromatic carbocycles. The molecular weight excluding hydrogens is 324 g/mol. The molecule has 1 atom stereocenters. The van der Waals surface area contributed by atoms with Gasteiger partial charge >= 0.3 is 0 Å². The van der Waals surface area contributed by atoms with Gasteiger partial charge in [-0.1, -0.05) is 36.4 Å². The van der Waals surface area contributed by atoms with Gasteiger partial charge in [0.05, 0.1) is 0 Å². The summed E-state index contributed by atoms with van der Waals surface area (Å²) in [5, 5.41) is 5.96. The van der Waals surface area contributed by atoms with Crippen molar-refractivity contribution in [2.75, 3.05) is 0 Å². The van der Waals surface area contributed by atoms with E-state index in [1.165, 1.54) is 18.9 Å². The Labute approximate surface area is 155 Å². The summed E-state index contributed by atoms with van der Waals surface area (Å²) in [4.78, 5) is 23.3.